The molecule has 6 nitrogen and oxygen atoms in total. The third-order valence-electron chi connectivity index (χ3n) is 3.87. The van der Waals surface area contributed by atoms with E-state index in [9.17, 15) is 13.2 Å². The molecule has 0 saturated heterocycles. The molecule has 0 unspecified atom stereocenters. The Balaban J connectivity index is 1.73. The van der Waals surface area contributed by atoms with E-state index < -0.39 is 15.9 Å². The lowest BCUT2D eigenvalue weighted by Gasteiger charge is -2.10. The quantitative estimate of drug-likeness (QED) is 0.834. The number of aryl methyl sites for hydroxylation is 2. The molecule has 24 heavy (non-hydrogen) atoms. The number of carbonyl (C=O) groups excluding carboxylic acids is 1. The molecule has 1 aliphatic carbocycles. The van der Waals surface area contributed by atoms with Gasteiger partial charge in [0.15, 0.2) is 6.61 Å². The summed E-state index contributed by atoms with van der Waals surface area (Å²) in [5.74, 6) is -0.134. The van der Waals surface area contributed by atoms with E-state index in [0.717, 1.165) is 24.8 Å². The fourth-order valence-corrected chi connectivity index (χ4v) is 3.81. The molecule has 0 aliphatic heterocycles. The zero-order valence-corrected chi connectivity index (χ0v) is 13.8. The molecule has 0 radical (unpaired) electrons. The second-order valence-electron chi connectivity index (χ2n) is 5.67. The van der Waals surface area contributed by atoms with Crippen molar-refractivity contribution in [3.05, 3.63) is 53.6 Å². The minimum absolute atomic E-state index is 0.222. The summed E-state index contributed by atoms with van der Waals surface area (Å²) < 4.78 is 32.7. The Morgan fingerprint density at radius 3 is 2.50 bits per heavy atom. The van der Waals surface area contributed by atoms with Crippen LogP contribution in [0.1, 0.15) is 17.5 Å². The lowest BCUT2D eigenvalue weighted by Crippen LogP contribution is -2.20. The molecule has 2 aromatic rings. The Morgan fingerprint density at radius 1 is 1.08 bits per heavy atom. The zero-order valence-electron chi connectivity index (χ0n) is 13.0. The van der Waals surface area contributed by atoms with Crippen molar-refractivity contribution < 1.29 is 17.9 Å². The van der Waals surface area contributed by atoms with Crippen LogP contribution in [0.4, 0.5) is 5.69 Å². The van der Waals surface area contributed by atoms with E-state index in [4.69, 9.17) is 10.5 Å². The maximum atomic E-state index is 12.5. The van der Waals surface area contributed by atoms with Gasteiger partial charge < -0.3 is 10.5 Å². The Hall–Kier alpha value is -2.54. The van der Waals surface area contributed by atoms with Crippen LogP contribution in [0.3, 0.4) is 0 Å². The van der Waals surface area contributed by atoms with E-state index in [-0.39, 0.29) is 11.5 Å². The van der Waals surface area contributed by atoms with Crippen LogP contribution in [-0.4, -0.2) is 20.9 Å². The maximum Gasteiger partial charge on any atom is 0.261 e. The van der Waals surface area contributed by atoms with Gasteiger partial charge in [-0.3, -0.25) is 9.52 Å². The van der Waals surface area contributed by atoms with Crippen molar-refractivity contribution in [2.24, 2.45) is 5.73 Å². The molecule has 3 N–H and O–H groups in total. The van der Waals surface area contributed by atoms with Crippen LogP contribution in [0.25, 0.3) is 0 Å². The van der Waals surface area contributed by atoms with Gasteiger partial charge in [-0.15, -0.1) is 0 Å². The first kappa shape index (κ1) is 16.3. The van der Waals surface area contributed by atoms with E-state index in [1.807, 2.05) is 6.07 Å². The summed E-state index contributed by atoms with van der Waals surface area (Å²) in [7, 11) is -3.64. The third kappa shape index (κ3) is 3.68. The van der Waals surface area contributed by atoms with Gasteiger partial charge in [0, 0.05) is 5.69 Å². The van der Waals surface area contributed by atoms with Crippen LogP contribution in [-0.2, 0) is 27.7 Å². The highest BCUT2D eigenvalue weighted by Gasteiger charge is 2.18. The number of carbonyl (C=O) groups is 1. The summed E-state index contributed by atoms with van der Waals surface area (Å²) in [4.78, 5) is 10.9. The molecule has 7 heteroatoms. The van der Waals surface area contributed by atoms with E-state index in [1.54, 1.807) is 36.4 Å². The van der Waals surface area contributed by atoms with Crippen molar-refractivity contribution in [1.29, 1.82) is 0 Å². The minimum atomic E-state index is -3.64. The first-order valence-corrected chi connectivity index (χ1v) is 9.08. The lowest BCUT2D eigenvalue weighted by atomic mass is 10.1. The van der Waals surface area contributed by atoms with Gasteiger partial charge in [-0.2, -0.15) is 0 Å². The average molecular weight is 346 g/mol. The monoisotopic (exact) mass is 346 g/mol. The van der Waals surface area contributed by atoms with Gasteiger partial charge in [0.05, 0.1) is 4.90 Å². The molecule has 0 atom stereocenters. The van der Waals surface area contributed by atoms with Crippen LogP contribution < -0.4 is 15.2 Å². The number of sulfonamides is 1. The molecule has 3 rings (SSSR count). The van der Waals surface area contributed by atoms with Gasteiger partial charge >= 0.3 is 0 Å². The van der Waals surface area contributed by atoms with Crippen molar-refractivity contribution in [3.63, 3.8) is 0 Å². The molecule has 0 bridgehead atoms. The Kier molecular flexibility index (Phi) is 4.44. The summed E-state index contributed by atoms with van der Waals surface area (Å²) in [6.45, 7) is -0.222. The topological polar surface area (TPSA) is 98.5 Å². The number of ether oxygens (including phenoxy) is 1. The van der Waals surface area contributed by atoms with E-state index in [1.165, 1.54) is 5.56 Å². The van der Waals surface area contributed by atoms with E-state index in [0.29, 0.717) is 11.4 Å². The van der Waals surface area contributed by atoms with Crippen molar-refractivity contribution in [2.75, 3.05) is 11.3 Å². The van der Waals surface area contributed by atoms with E-state index >= 15 is 0 Å². The van der Waals surface area contributed by atoms with Gasteiger partial charge in [-0.05, 0) is 66.8 Å². The minimum Gasteiger partial charge on any atom is -0.484 e. The number of nitrogens with one attached hydrogen (secondary N) is 1. The molecular formula is C17H18N2O4S. The van der Waals surface area contributed by atoms with Gasteiger partial charge in [-0.1, -0.05) is 6.07 Å². The predicted molar refractivity (Wildman–Crippen MR) is 90.4 cm³/mol. The average Bonchev–Trinajstić information content (AvgIpc) is 3.01. The molecule has 126 valence electrons. The highest BCUT2D eigenvalue weighted by Crippen LogP contribution is 2.26. The molecular weight excluding hydrogens is 328 g/mol. The molecule has 0 heterocycles. The summed E-state index contributed by atoms with van der Waals surface area (Å²) in [6.07, 6.45) is 3.00. The Morgan fingerprint density at radius 2 is 1.79 bits per heavy atom. The van der Waals surface area contributed by atoms with Gasteiger partial charge in [0.25, 0.3) is 15.9 Å². The lowest BCUT2D eigenvalue weighted by molar-refractivity contribution is -0.119. The number of anilines is 1. The fourth-order valence-electron chi connectivity index (χ4n) is 2.70. The Labute approximate surface area is 140 Å². The second kappa shape index (κ2) is 6.52. The molecule has 0 saturated carbocycles. The number of fused-ring (bicyclic) bond motifs is 1. The van der Waals surface area contributed by atoms with Crippen LogP contribution >= 0.6 is 0 Å². The predicted octanol–water partition coefficient (Wildman–Crippen LogP) is 1.84. The van der Waals surface area contributed by atoms with E-state index in [2.05, 4.69) is 4.72 Å². The molecule has 1 aliphatic rings. The number of benzene rings is 2. The molecule has 0 fully saturated rings. The number of hydrogen-bond acceptors (Lipinski definition) is 4. The largest absolute Gasteiger partial charge is 0.484 e. The number of rotatable bonds is 6. The summed E-state index contributed by atoms with van der Waals surface area (Å²) in [5.41, 5.74) is 7.75. The SMILES string of the molecule is NC(=O)COc1ccc(NS(=O)(=O)c2ccc3c(c2)CCC3)cc1. The van der Waals surface area contributed by atoms with Crippen LogP contribution in [0, 0.1) is 0 Å². The molecule has 0 spiro atoms. The summed E-state index contributed by atoms with van der Waals surface area (Å²) >= 11 is 0. The smallest absolute Gasteiger partial charge is 0.261 e. The normalized spacial score (nSPS) is 13.3. The Bertz CT molecular complexity index is 861. The summed E-state index contributed by atoms with van der Waals surface area (Å²) in [6, 6.07) is 11.6. The molecule has 1 amide bonds. The highest BCUT2D eigenvalue weighted by atomic mass is 32.2. The van der Waals surface area contributed by atoms with Crippen LogP contribution in [0.15, 0.2) is 47.4 Å². The van der Waals surface area contributed by atoms with Crippen molar-refractivity contribution in [1.82, 2.24) is 0 Å². The number of nitrogens with two attached hydrogens (primary N) is 1. The van der Waals surface area contributed by atoms with Crippen molar-refractivity contribution >= 4 is 21.6 Å². The van der Waals surface area contributed by atoms with Crippen LogP contribution in [0.5, 0.6) is 5.75 Å². The van der Waals surface area contributed by atoms with Gasteiger partial charge in [-0.25, -0.2) is 8.42 Å². The third-order valence-corrected chi connectivity index (χ3v) is 5.25. The fraction of sp³-hybridized carbons (Fsp3) is 0.235. The second-order valence-corrected chi connectivity index (χ2v) is 7.35. The first-order valence-electron chi connectivity index (χ1n) is 7.60. The van der Waals surface area contributed by atoms with Crippen LogP contribution in [0.2, 0.25) is 0 Å². The number of primary amides is 1. The first-order chi connectivity index (χ1) is 11.4. The van der Waals surface area contributed by atoms with Gasteiger partial charge in [0.1, 0.15) is 5.75 Å². The highest BCUT2D eigenvalue weighted by molar-refractivity contribution is 7.92. The summed E-state index contributed by atoms with van der Waals surface area (Å²) in [5, 5.41) is 0. The molecule has 0 aromatic heterocycles. The van der Waals surface area contributed by atoms with Gasteiger partial charge in [0.2, 0.25) is 0 Å². The number of amides is 1. The number of hydrogen-bond donors (Lipinski definition) is 2. The zero-order chi connectivity index (χ0) is 17.2. The van der Waals surface area contributed by atoms with Crippen molar-refractivity contribution in [2.45, 2.75) is 24.2 Å². The van der Waals surface area contributed by atoms with Crippen molar-refractivity contribution in [3.8, 4) is 5.75 Å². The standard InChI is InChI=1S/C17H18N2O4S/c18-17(20)11-23-15-7-5-14(6-8-15)19-24(21,22)16-9-4-12-2-1-3-13(12)10-16/h4-10,19H,1-3,11H2,(H2,18,20). The molecule has 2 aromatic carbocycles. The maximum absolute atomic E-state index is 12.5.